The fraction of sp³-hybridized carbons (Fsp3) is 0.381. The predicted octanol–water partition coefficient (Wildman–Crippen LogP) is 2.74. The van der Waals surface area contributed by atoms with E-state index in [1.807, 2.05) is 44.2 Å². The first-order valence-corrected chi connectivity index (χ1v) is 11.1. The number of aryl methyl sites for hydroxylation is 2. The van der Waals surface area contributed by atoms with Crippen LogP contribution in [-0.4, -0.2) is 51.8 Å². The Morgan fingerprint density at radius 3 is 2.14 bits per heavy atom. The summed E-state index contributed by atoms with van der Waals surface area (Å²) in [5.74, 6) is -0.0235. The van der Waals surface area contributed by atoms with Gasteiger partial charge >= 0.3 is 0 Å². The summed E-state index contributed by atoms with van der Waals surface area (Å²) >= 11 is 0. The van der Waals surface area contributed by atoms with E-state index >= 15 is 0 Å². The molecule has 2 aromatic rings. The van der Waals surface area contributed by atoms with Crippen LogP contribution in [0.1, 0.15) is 27.0 Å². The molecule has 1 fully saturated rings. The predicted molar refractivity (Wildman–Crippen MR) is 110 cm³/mol. The fourth-order valence-corrected chi connectivity index (χ4v) is 4.43. The van der Waals surface area contributed by atoms with Crippen LogP contribution in [0.2, 0.25) is 0 Å². The largest absolute Gasteiger partial charge is 0.378 e. The maximum atomic E-state index is 12.6. The van der Waals surface area contributed by atoms with Gasteiger partial charge in [-0.2, -0.15) is 0 Å². The van der Waals surface area contributed by atoms with E-state index in [1.54, 1.807) is 17.0 Å². The smallest absolute Gasteiger partial charge is 0.254 e. The third kappa shape index (κ3) is 4.54. The molecule has 1 aliphatic heterocycles. The molecule has 0 bridgehead atoms. The lowest BCUT2D eigenvalue weighted by Gasteiger charge is -2.27. The highest BCUT2D eigenvalue weighted by Crippen LogP contribution is 2.28. The van der Waals surface area contributed by atoms with Crippen LogP contribution in [0.4, 0.5) is 5.69 Å². The lowest BCUT2D eigenvalue weighted by atomic mass is 10.1. The number of hydrogen-bond acceptors (Lipinski definition) is 4. The van der Waals surface area contributed by atoms with Crippen molar-refractivity contribution in [3.8, 4) is 0 Å². The van der Waals surface area contributed by atoms with Crippen molar-refractivity contribution >= 4 is 21.6 Å². The van der Waals surface area contributed by atoms with Crippen LogP contribution in [-0.2, 0) is 21.3 Å². The molecule has 0 aliphatic carbocycles. The molecular formula is C21H26N2O4S. The van der Waals surface area contributed by atoms with Crippen molar-refractivity contribution in [1.29, 1.82) is 0 Å². The molecule has 2 aromatic carbocycles. The van der Waals surface area contributed by atoms with Gasteiger partial charge < -0.3 is 9.64 Å². The van der Waals surface area contributed by atoms with Crippen molar-refractivity contribution in [1.82, 2.24) is 4.90 Å². The summed E-state index contributed by atoms with van der Waals surface area (Å²) in [5.41, 5.74) is 3.95. The lowest BCUT2D eigenvalue weighted by Crippen LogP contribution is -2.40. The number of sulfonamides is 1. The van der Waals surface area contributed by atoms with Gasteiger partial charge in [-0.1, -0.05) is 30.3 Å². The molecule has 0 aromatic heterocycles. The molecule has 150 valence electrons. The van der Waals surface area contributed by atoms with Crippen molar-refractivity contribution in [3.05, 3.63) is 64.7 Å². The maximum absolute atomic E-state index is 12.6. The second kappa shape index (κ2) is 8.32. The van der Waals surface area contributed by atoms with Crippen molar-refractivity contribution in [2.24, 2.45) is 0 Å². The van der Waals surface area contributed by atoms with Gasteiger partial charge in [-0.15, -0.1) is 0 Å². The van der Waals surface area contributed by atoms with Gasteiger partial charge in [0.05, 0.1) is 31.7 Å². The van der Waals surface area contributed by atoms with E-state index in [9.17, 15) is 13.2 Å². The fourth-order valence-electron chi connectivity index (χ4n) is 3.43. The Hall–Kier alpha value is -2.38. The van der Waals surface area contributed by atoms with Crippen molar-refractivity contribution in [3.63, 3.8) is 0 Å². The van der Waals surface area contributed by atoms with E-state index in [4.69, 9.17) is 4.74 Å². The first-order chi connectivity index (χ1) is 13.3. The third-order valence-electron chi connectivity index (χ3n) is 4.91. The monoisotopic (exact) mass is 402 g/mol. The van der Waals surface area contributed by atoms with Gasteiger partial charge in [0.25, 0.3) is 5.91 Å². The van der Waals surface area contributed by atoms with Crippen LogP contribution in [0.5, 0.6) is 0 Å². The summed E-state index contributed by atoms with van der Waals surface area (Å²) in [6, 6.07) is 12.9. The van der Waals surface area contributed by atoms with Crippen LogP contribution in [0.15, 0.2) is 42.5 Å². The Morgan fingerprint density at radius 2 is 1.61 bits per heavy atom. The first kappa shape index (κ1) is 20.4. The quantitative estimate of drug-likeness (QED) is 0.771. The standard InChI is InChI=1S/C21H26N2O4S/c1-16-5-4-6-17(2)20(16)23(28(3,25)26)15-18-7-9-19(10-8-18)21(24)22-11-13-27-14-12-22/h4-10H,11-15H2,1-3H3. The van der Waals surface area contributed by atoms with E-state index in [0.29, 0.717) is 37.6 Å². The van der Waals surface area contributed by atoms with Gasteiger partial charge in [-0.05, 0) is 42.7 Å². The summed E-state index contributed by atoms with van der Waals surface area (Å²) in [7, 11) is -3.46. The van der Waals surface area contributed by atoms with Gasteiger partial charge in [0.1, 0.15) is 0 Å². The molecule has 1 amide bonds. The van der Waals surface area contributed by atoms with E-state index in [1.165, 1.54) is 10.6 Å². The summed E-state index contributed by atoms with van der Waals surface area (Å²) in [5, 5.41) is 0. The minimum absolute atomic E-state index is 0.0235. The minimum Gasteiger partial charge on any atom is -0.378 e. The summed E-state index contributed by atoms with van der Waals surface area (Å²) in [6.45, 7) is 6.33. The highest BCUT2D eigenvalue weighted by atomic mass is 32.2. The van der Waals surface area contributed by atoms with Crippen LogP contribution in [0.3, 0.4) is 0 Å². The molecule has 3 rings (SSSR count). The molecule has 6 nitrogen and oxygen atoms in total. The number of rotatable bonds is 5. The van der Waals surface area contributed by atoms with Gasteiger partial charge in [-0.3, -0.25) is 9.10 Å². The Kier molecular flexibility index (Phi) is 6.05. The van der Waals surface area contributed by atoms with Gasteiger partial charge in [0.2, 0.25) is 10.0 Å². The van der Waals surface area contributed by atoms with E-state index in [-0.39, 0.29) is 12.5 Å². The zero-order valence-electron chi connectivity index (χ0n) is 16.5. The molecule has 0 spiro atoms. The zero-order chi connectivity index (χ0) is 20.3. The second-order valence-corrected chi connectivity index (χ2v) is 9.02. The number of para-hydroxylation sites is 1. The van der Waals surface area contributed by atoms with Gasteiger partial charge in [0, 0.05) is 18.7 Å². The Morgan fingerprint density at radius 1 is 1.04 bits per heavy atom. The number of nitrogens with zero attached hydrogens (tertiary/aromatic N) is 2. The first-order valence-electron chi connectivity index (χ1n) is 9.27. The summed E-state index contributed by atoms with van der Waals surface area (Å²) in [4.78, 5) is 14.3. The number of hydrogen-bond donors (Lipinski definition) is 0. The Balaban J connectivity index is 1.83. The van der Waals surface area contributed by atoms with Crippen molar-refractivity contribution in [2.45, 2.75) is 20.4 Å². The van der Waals surface area contributed by atoms with Crippen LogP contribution < -0.4 is 4.31 Å². The number of ether oxygens (including phenoxy) is 1. The SMILES string of the molecule is Cc1cccc(C)c1N(Cc1ccc(C(=O)N2CCOCC2)cc1)S(C)(=O)=O. The zero-order valence-corrected chi connectivity index (χ0v) is 17.3. The topological polar surface area (TPSA) is 66.9 Å². The molecule has 1 saturated heterocycles. The molecule has 28 heavy (non-hydrogen) atoms. The lowest BCUT2D eigenvalue weighted by molar-refractivity contribution is 0.0303. The normalized spacial score (nSPS) is 14.8. The Labute approximate surface area is 166 Å². The molecule has 0 atom stereocenters. The van der Waals surface area contributed by atoms with Gasteiger partial charge in [-0.25, -0.2) is 8.42 Å². The minimum atomic E-state index is -3.46. The van der Waals surface area contributed by atoms with E-state index < -0.39 is 10.0 Å². The van der Waals surface area contributed by atoms with Crippen molar-refractivity contribution < 1.29 is 17.9 Å². The molecule has 1 aliphatic rings. The number of carbonyl (C=O) groups excluding carboxylic acids is 1. The van der Waals surface area contributed by atoms with Crippen molar-refractivity contribution in [2.75, 3.05) is 36.9 Å². The Bertz CT molecular complexity index is 929. The highest BCUT2D eigenvalue weighted by molar-refractivity contribution is 7.92. The molecule has 7 heteroatoms. The average molecular weight is 403 g/mol. The average Bonchev–Trinajstić information content (AvgIpc) is 2.67. The summed E-state index contributed by atoms with van der Waals surface area (Å²) in [6.07, 6.45) is 1.22. The summed E-state index contributed by atoms with van der Waals surface area (Å²) < 4.78 is 31.7. The van der Waals surface area contributed by atoms with E-state index in [0.717, 1.165) is 16.7 Å². The third-order valence-corrected chi connectivity index (χ3v) is 6.03. The van der Waals surface area contributed by atoms with Crippen LogP contribution in [0.25, 0.3) is 0 Å². The van der Waals surface area contributed by atoms with E-state index in [2.05, 4.69) is 0 Å². The van der Waals surface area contributed by atoms with Gasteiger partial charge in [0.15, 0.2) is 0 Å². The molecular weight excluding hydrogens is 376 g/mol. The van der Waals surface area contributed by atoms with Crippen LogP contribution >= 0.6 is 0 Å². The number of anilines is 1. The molecule has 0 unspecified atom stereocenters. The number of morpholine rings is 1. The molecule has 0 radical (unpaired) electrons. The van der Waals surface area contributed by atoms with Crippen LogP contribution in [0, 0.1) is 13.8 Å². The molecule has 0 saturated carbocycles. The maximum Gasteiger partial charge on any atom is 0.254 e. The number of benzene rings is 2. The molecule has 1 heterocycles. The molecule has 0 N–H and O–H groups in total. The number of carbonyl (C=O) groups is 1. The highest BCUT2D eigenvalue weighted by Gasteiger charge is 2.22. The number of amides is 1. The second-order valence-electron chi connectivity index (χ2n) is 7.11.